The van der Waals surface area contributed by atoms with Crippen molar-refractivity contribution in [2.75, 3.05) is 9.80 Å². The molecule has 62 heavy (non-hydrogen) atoms. The topological polar surface area (TPSA) is 6.48 Å². The normalized spacial score (nSPS) is 14.8. The first-order valence-corrected chi connectivity index (χ1v) is 23.4. The SMILES string of the molecule is CCC(C)c1ccc(N(c2ccc(C(C)C)cc2)c2cc(-c3ccccc3)c3cc(N(c4ccc(C)cc4)c4ccc(C5CCCCC5)cc4)cc(C4=CCCC=C4)c3c2)cc1. The molecule has 7 aromatic carbocycles. The Bertz CT molecular complexity index is 2660. The van der Waals surface area contributed by atoms with Gasteiger partial charge in [-0.2, -0.15) is 0 Å². The zero-order chi connectivity index (χ0) is 42.6. The molecule has 0 aromatic heterocycles. The monoisotopic (exact) mass is 810 g/mol. The molecular weight excluding hydrogens is 749 g/mol. The fourth-order valence-electron chi connectivity index (χ4n) is 9.71. The number of benzene rings is 7. The number of allylic oxidation sites excluding steroid dienone is 4. The summed E-state index contributed by atoms with van der Waals surface area (Å²) in [6.07, 6.45) is 17.0. The molecule has 0 aliphatic heterocycles. The highest BCUT2D eigenvalue weighted by molar-refractivity contribution is 6.08. The van der Waals surface area contributed by atoms with Gasteiger partial charge < -0.3 is 9.80 Å². The molecule has 1 unspecified atom stereocenters. The van der Waals surface area contributed by atoms with Crippen molar-refractivity contribution in [1.29, 1.82) is 0 Å². The molecule has 0 saturated heterocycles. The minimum absolute atomic E-state index is 0.459. The fourth-order valence-corrected chi connectivity index (χ4v) is 9.71. The van der Waals surface area contributed by atoms with E-state index in [1.54, 1.807) is 0 Å². The van der Waals surface area contributed by atoms with Crippen molar-refractivity contribution in [3.63, 3.8) is 0 Å². The average Bonchev–Trinajstić information content (AvgIpc) is 3.33. The van der Waals surface area contributed by atoms with Crippen LogP contribution < -0.4 is 9.80 Å². The molecule has 2 aliphatic carbocycles. The smallest absolute Gasteiger partial charge is 0.0474 e. The maximum Gasteiger partial charge on any atom is 0.0474 e. The number of rotatable bonds is 12. The van der Waals surface area contributed by atoms with Gasteiger partial charge in [0.2, 0.25) is 0 Å². The lowest BCUT2D eigenvalue weighted by Crippen LogP contribution is -2.12. The van der Waals surface area contributed by atoms with Crippen LogP contribution in [-0.2, 0) is 0 Å². The van der Waals surface area contributed by atoms with Gasteiger partial charge in [-0.1, -0.05) is 150 Å². The Balaban J connectivity index is 1.29. The van der Waals surface area contributed by atoms with Gasteiger partial charge in [0.15, 0.2) is 0 Å². The first-order valence-electron chi connectivity index (χ1n) is 23.4. The summed E-state index contributed by atoms with van der Waals surface area (Å²) in [5.74, 6) is 1.63. The Morgan fingerprint density at radius 1 is 0.532 bits per heavy atom. The van der Waals surface area contributed by atoms with E-state index < -0.39 is 0 Å². The third kappa shape index (κ3) is 8.66. The van der Waals surface area contributed by atoms with Crippen LogP contribution in [0.25, 0.3) is 27.5 Å². The summed E-state index contributed by atoms with van der Waals surface area (Å²) in [4.78, 5) is 4.94. The molecule has 7 aromatic rings. The molecule has 1 atom stereocenters. The first-order chi connectivity index (χ1) is 30.3. The lowest BCUT2D eigenvalue weighted by molar-refractivity contribution is 0.443. The highest BCUT2D eigenvalue weighted by Crippen LogP contribution is 2.47. The van der Waals surface area contributed by atoms with Crippen LogP contribution in [0.3, 0.4) is 0 Å². The molecule has 0 N–H and O–H groups in total. The number of aryl methyl sites for hydroxylation is 1. The third-order valence-electron chi connectivity index (χ3n) is 13.6. The Morgan fingerprint density at radius 2 is 1.06 bits per heavy atom. The predicted octanol–water partition coefficient (Wildman–Crippen LogP) is 18.2. The molecule has 312 valence electrons. The first kappa shape index (κ1) is 41.2. The maximum atomic E-state index is 2.48. The number of fused-ring (bicyclic) bond motifs is 1. The van der Waals surface area contributed by atoms with Crippen molar-refractivity contribution in [2.45, 2.75) is 104 Å². The molecule has 0 radical (unpaired) electrons. The minimum Gasteiger partial charge on any atom is -0.310 e. The summed E-state index contributed by atoms with van der Waals surface area (Å²) in [5.41, 5.74) is 17.4. The van der Waals surface area contributed by atoms with Crippen molar-refractivity contribution in [3.8, 4) is 11.1 Å². The van der Waals surface area contributed by atoms with Crippen molar-refractivity contribution >= 4 is 50.5 Å². The number of hydrogen-bond donors (Lipinski definition) is 0. The van der Waals surface area contributed by atoms with Gasteiger partial charge in [0.25, 0.3) is 0 Å². The van der Waals surface area contributed by atoms with Gasteiger partial charge in [0, 0.05) is 34.1 Å². The minimum atomic E-state index is 0.459. The zero-order valence-corrected chi connectivity index (χ0v) is 37.4. The van der Waals surface area contributed by atoms with Crippen LogP contribution in [0.4, 0.5) is 34.1 Å². The van der Waals surface area contributed by atoms with Gasteiger partial charge in [-0.25, -0.2) is 0 Å². The summed E-state index contributed by atoms with van der Waals surface area (Å²) >= 11 is 0. The summed E-state index contributed by atoms with van der Waals surface area (Å²) < 4.78 is 0. The Morgan fingerprint density at radius 3 is 1.61 bits per heavy atom. The fraction of sp³-hybridized carbons (Fsp3) is 0.267. The van der Waals surface area contributed by atoms with E-state index in [2.05, 4.69) is 214 Å². The largest absolute Gasteiger partial charge is 0.310 e. The van der Waals surface area contributed by atoms with Gasteiger partial charge in [0.1, 0.15) is 0 Å². The molecule has 0 spiro atoms. The van der Waals surface area contributed by atoms with E-state index in [4.69, 9.17) is 0 Å². The highest BCUT2D eigenvalue weighted by atomic mass is 15.1. The van der Waals surface area contributed by atoms with E-state index in [1.165, 1.54) is 93.1 Å². The van der Waals surface area contributed by atoms with E-state index in [9.17, 15) is 0 Å². The van der Waals surface area contributed by atoms with E-state index in [0.717, 1.165) is 47.7 Å². The molecule has 0 bridgehead atoms. The molecule has 0 amide bonds. The summed E-state index contributed by atoms with van der Waals surface area (Å²) in [5, 5.41) is 2.49. The van der Waals surface area contributed by atoms with Crippen LogP contribution in [0.15, 0.2) is 170 Å². The third-order valence-corrected chi connectivity index (χ3v) is 13.6. The highest BCUT2D eigenvalue weighted by Gasteiger charge is 2.23. The second-order valence-electron chi connectivity index (χ2n) is 18.2. The van der Waals surface area contributed by atoms with Crippen LogP contribution in [0.5, 0.6) is 0 Å². The number of nitrogens with zero attached hydrogens (tertiary/aromatic N) is 2. The van der Waals surface area contributed by atoms with E-state index in [1.807, 2.05) is 0 Å². The van der Waals surface area contributed by atoms with Crippen molar-refractivity contribution in [3.05, 3.63) is 198 Å². The van der Waals surface area contributed by atoms with E-state index in [0.29, 0.717) is 17.8 Å². The summed E-state index contributed by atoms with van der Waals surface area (Å²) in [6, 6.07) is 57.9. The van der Waals surface area contributed by atoms with E-state index >= 15 is 0 Å². The lowest BCUT2D eigenvalue weighted by atomic mass is 9.84. The van der Waals surface area contributed by atoms with E-state index in [-0.39, 0.29) is 0 Å². The Hall–Kier alpha value is -6.12. The standard InChI is InChI=1S/C60H62N2/c1-6-44(5)46-26-34-53(35-27-46)62(52-32-24-45(25-33-52)42(2)3)56-39-58(50-20-14-9-15-21-50)59-40-55(38-57(60(59)41-56)49-18-12-8-13-19-49)61(51-30-22-43(4)23-31-51)54-36-28-48(29-37-54)47-16-10-7-11-17-47/h9,12,14-15,18-42,44,47H,6-8,10-11,13,16-17H2,1-5H3. The Labute approximate surface area is 371 Å². The van der Waals surface area contributed by atoms with Crippen LogP contribution >= 0.6 is 0 Å². The van der Waals surface area contributed by atoms with Gasteiger partial charge in [-0.3, -0.25) is 0 Å². The Kier molecular flexibility index (Phi) is 12.3. The van der Waals surface area contributed by atoms with Crippen molar-refractivity contribution in [2.24, 2.45) is 0 Å². The van der Waals surface area contributed by atoms with Crippen molar-refractivity contribution in [1.82, 2.24) is 0 Å². The summed E-state index contributed by atoms with van der Waals surface area (Å²) in [6.45, 7) is 11.3. The van der Waals surface area contributed by atoms with Gasteiger partial charge >= 0.3 is 0 Å². The molecule has 2 heteroatoms. The zero-order valence-electron chi connectivity index (χ0n) is 37.4. The van der Waals surface area contributed by atoms with Crippen molar-refractivity contribution < 1.29 is 0 Å². The predicted molar refractivity (Wildman–Crippen MR) is 268 cm³/mol. The molecule has 2 aliphatic rings. The second-order valence-corrected chi connectivity index (χ2v) is 18.2. The van der Waals surface area contributed by atoms with Crippen LogP contribution in [-0.4, -0.2) is 0 Å². The molecule has 2 nitrogen and oxygen atoms in total. The molecule has 1 fully saturated rings. The average molecular weight is 811 g/mol. The van der Waals surface area contributed by atoms with Gasteiger partial charge in [0.05, 0.1) is 0 Å². The molecule has 9 rings (SSSR count). The van der Waals surface area contributed by atoms with Crippen LogP contribution in [0.1, 0.15) is 125 Å². The van der Waals surface area contributed by atoms with Crippen LogP contribution in [0, 0.1) is 6.92 Å². The van der Waals surface area contributed by atoms with Crippen LogP contribution in [0.2, 0.25) is 0 Å². The molecular formula is C60H62N2. The van der Waals surface area contributed by atoms with Gasteiger partial charge in [-0.05, 0) is 179 Å². The molecule has 1 saturated carbocycles. The number of hydrogen-bond acceptors (Lipinski definition) is 2. The molecule has 0 heterocycles. The maximum absolute atomic E-state index is 2.48. The second kappa shape index (κ2) is 18.5. The number of anilines is 6. The summed E-state index contributed by atoms with van der Waals surface area (Å²) in [7, 11) is 0. The van der Waals surface area contributed by atoms with Gasteiger partial charge in [-0.15, -0.1) is 0 Å². The quantitative estimate of drug-likeness (QED) is 0.121. The lowest BCUT2D eigenvalue weighted by Gasteiger charge is -2.30.